The summed E-state index contributed by atoms with van der Waals surface area (Å²) in [6.45, 7) is 5.56. The van der Waals surface area contributed by atoms with Crippen molar-refractivity contribution in [2.45, 2.75) is 32.7 Å². The summed E-state index contributed by atoms with van der Waals surface area (Å²) < 4.78 is 12.8. The highest BCUT2D eigenvalue weighted by Crippen LogP contribution is 2.34. The fourth-order valence-corrected chi connectivity index (χ4v) is 3.29. The highest BCUT2D eigenvalue weighted by molar-refractivity contribution is 9.11. The summed E-state index contributed by atoms with van der Waals surface area (Å²) in [5.74, 6) is 0.877. The van der Waals surface area contributed by atoms with E-state index in [1.807, 2.05) is 0 Å². The van der Waals surface area contributed by atoms with E-state index in [1.165, 1.54) is 5.56 Å². The van der Waals surface area contributed by atoms with Crippen molar-refractivity contribution in [3.05, 3.63) is 26.6 Å². The molecule has 0 aromatic heterocycles. The Morgan fingerprint density at radius 1 is 1.10 bits per heavy atom. The average Bonchev–Trinajstić information content (AvgIpc) is 2.41. The molecule has 0 unspecified atom stereocenters. The number of nitrogens with one attached hydrogen (secondary N) is 1. The van der Waals surface area contributed by atoms with Gasteiger partial charge in [0.15, 0.2) is 0 Å². The van der Waals surface area contributed by atoms with Crippen LogP contribution < -0.4 is 10.1 Å². The molecular weight excluding hydrogens is 386 g/mol. The highest BCUT2D eigenvalue weighted by Gasteiger charge is 2.09. The summed E-state index contributed by atoms with van der Waals surface area (Å²) in [7, 11) is 1.72. The minimum atomic E-state index is 0.702. The molecule has 0 heterocycles. The van der Waals surface area contributed by atoms with Gasteiger partial charge in [-0.05, 0) is 75.4 Å². The fourth-order valence-electron chi connectivity index (χ4n) is 1.78. The third-order valence-electron chi connectivity index (χ3n) is 2.80. The van der Waals surface area contributed by atoms with Crippen molar-refractivity contribution in [2.75, 3.05) is 26.9 Å². The zero-order chi connectivity index (χ0) is 14.8. The lowest BCUT2D eigenvalue weighted by Gasteiger charge is -2.12. The molecular formula is C15H23Br2NO2. The van der Waals surface area contributed by atoms with E-state index in [4.69, 9.17) is 9.47 Å². The van der Waals surface area contributed by atoms with E-state index in [-0.39, 0.29) is 0 Å². The van der Waals surface area contributed by atoms with Gasteiger partial charge in [0.05, 0.1) is 15.6 Å². The predicted molar refractivity (Wildman–Crippen MR) is 90.4 cm³/mol. The van der Waals surface area contributed by atoms with E-state index >= 15 is 0 Å². The van der Waals surface area contributed by atoms with Crippen molar-refractivity contribution >= 4 is 31.9 Å². The van der Waals surface area contributed by atoms with Crippen LogP contribution in [0.25, 0.3) is 0 Å². The van der Waals surface area contributed by atoms with E-state index < -0.39 is 0 Å². The van der Waals surface area contributed by atoms with Crippen LogP contribution in [0.4, 0.5) is 0 Å². The summed E-state index contributed by atoms with van der Waals surface area (Å²) in [6, 6.07) is 4.22. The van der Waals surface area contributed by atoms with Crippen LogP contribution in [-0.2, 0) is 11.3 Å². The normalized spacial score (nSPS) is 10.8. The smallest absolute Gasteiger partial charge is 0.147 e. The molecule has 0 fully saturated rings. The Balaban J connectivity index is 2.51. The van der Waals surface area contributed by atoms with Gasteiger partial charge in [-0.15, -0.1) is 0 Å². The molecule has 5 heteroatoms. The zero-order valence-electron chi connectivity index (χ0n) is 12.2. The topological polar surface area (TPSA) is 30.5 Å². The van der Waals surface area contributed by atoms with Crippen molar-refractivity contribution < 1.29 is 9.47 Å². The first-order valence-corrected chi connectivity index (χ1v) is 8.58. The number of halogens is 2. The summed E-state index contributed by atoms with van der Waals surface area (Å²) in [5, 5.41) is 3.40. The Bertz CT molecular complexity index is 376. The maximum atomic E-state index is 5.83. The summed E-state index contributed by atoms with van der Waals surface area (Å²) >= 11 is 7.16. The average molecular weight is 409 g/mol. The van der Waals surface area contributed by atoms with Crippen LogP contribution in [0.5, 0.6) is 5.75 Å². The summed E-state index contributed by atoms with van der Waals surface area (Å²) in [6.07, 6.45) is 3.16. The van der Waals surface area contributed by atoms with Crippen molar-refractivity contribution in [2.24, 2.45) is 0 Å². The van der Waals surface area contributed by atoms with E-state index in [0.717, 1.165) is 53.7 Å². The number of hydrogen-bond acceptors (Lipinski definition) is 3. The zero-order valence-corrected chi connectivity index (χ0v) is 15.3. The number of ether oxygens (including phenoxy) is 2. The molecule has 114 valence electrons. The van der Waals surface area contributed by atoms with Crippen molar-refractivity contribution in [1.82, 2.24) is 5.32 Å². The lowest BCUT2D eigenvalue weighted by molar-refractivity contribution is 0.184. The van der Waals surface area contributed by atoms with Crippen LogP contribution >= 0.6 is 31.9 Å². The molecule has 1 rings (SSSR count). The molecule has 0 bridgehead atoms. The summed E-state index contributed by atoms with van der Waals surface area (Å²) in [5.41, 5.74) is 1.24. The minimum absolute atomic E-state index is 0.702. The largest absolute Gasteiger partial charge is 0.491 e. The number of hydrogen-bond donors (Lipinski definition) is 1. The van der Waals surface area contributed by atoms with Gasteiger partial charge in [0.2, 0.25) is 0 Å². The lowest BCUT2D eigenvalue weighted by Crippen LogP contribution is -2.13. The molecule has 3 nitrogen and oxygen atoms in total. The summed E-state index contributed by atoms with van der Waals surface area (Å²) in [4.78, 5) is 0. The second kappa shape index (κ2) is 10.6. The number of rotatable bonds is 10. The van der Waals surface area contributed by atoms with Crippen LogP contribution in [0.15, 0.2) is 21.1 Å². The van der Waals surface area contributed by atoms with Crippen molar-refractivity contribution in [3.8, 4) is 5.75 Å². The SMILES string of the molecule is CCCNCc1cc(Br)c(OCCCCOC)c(Br)c1. The van der Waals surface area contributed by atoms with Gasteiger partial charge in [-0.2, -0.15) is 0 Å². The van der Waals surface area contributed by atoms with Crippen LogP contribution in [0, 0.1) is 0 Å². The van der Waals surface area contributed by atoms with Gasteiger partial charge in [-0.3, -0.25) is 0 Å². The molecule has 0 spiro atoms. The molecule has 0 amide bonds. The molecule has 0 atom stereocenters. The molecule has 0 aliphatic rings. The van der Waals surface area contributed by atoms with Gasteiger partial charge in [0.1, 0.15) is 5.75 Å². The first-order chi connectivity index (χ1) is 9.69. The molecule has 0 aliphatic carbocycles. The number of benzene rings is 1. The van der Waals surface area contributed by atoms with Crippen LogP contribution in [0.1, 0.15) is 31.7 Å². The second-order valence-electron chi connectivity index (χ2n) is 4.61. The molecule has 1 N–H and O–H groups in total. The molecule has 0 aliphatic heterocycles. The molecule has 20 heavy (non-hydrogen) atoms. The fraction of sp³-hybridized carbons (Fsp3) is 0.600. The van der Waals surface area contributed by atoms with E-state index in [9.17, 15) is 0 Å². The van der Waals surface area contributed by atoms with Gasteiger partial charge in [-0.1, -0.05) is 6.92 Å². The maximum Gasteiger partial charge on any atom is 0.147 e. The quantitative estimate of drug-likeness (QED) is 0.577. The Morgan fingerprint density at radius 3 is 2.35 bits per heavy atom. The molecule has 0 saturated heterocycles. The Labute approximate surface area is 138 Å². The first kappa shape index (κ1) is 18.0. The third-order valence-corrected chi connectivity index (χ3v) is 3.98. The van der Waals surface area contributed by atoms with E-state index in [0.29, 0.717) is 6.61 Å². The standard InChI is InChI=1S/C15H23Br2NO2/c1-3-6-18-11-12-9-13(16)15(14(17)10-12)20-8-5-4-7-19-2/h9-10,18H,3-8,11H2,1-2H3. The Morgan fingerprint density at radius 2 is 1.75 bits per heavy atom. The van der Waals surface area contributed by atoms with E-state index in [2.05, 4.69) is 56.2 Å². The monoisotopic (exact) mass is 407 g/mol. The van der Waals surface area contributed by atoms with E-state index in [1.54, 1.807) is 7.11 Å². The van der Waals surface area contributed by atoms with Gasteiger partial charge in [0.25, 0.3) is 0 Å². The molecule has 0 radical (unpaired) electrons. The molecule has 1 aromatic rings. The molecule has 1 aromatic carbocycles. The van der Waals surface area contributed by atoms with Gasteiger partial charge in [0, 0.05) is 20.3 Å². The van der Waals surface area contributed by atoms with Crippen molar-refractivity contribution in [3.63, 3.8) is 0 Å². The minimum Gasteiger partial charge on any atom is -0.491 e. The molecule has 0 saturated carbocycles. The van der Waals surface area contributed by atoms with Crippen LogP contribution in [-0.4, -0.2) is 26.9 Å². The first-order valence-electron chi connectivity index (χ1n) is 6.99. The predicted octanol–water partition coefficient (Wildman–Crippen LogP) is 4.52. The maximum absolute atomic E-state index is 5.83. The second-order valence-corrected chi connectivity index (χ2v) is 6.32. The lowest BCUT2D eigenvalue weighted by atomic mass is 10.2. The van der Waals surface area contributed by atoms with Crippen molar-refractivity contribution in [1.29, 1.82) is 0 Å². The van der Waals surface area contributed by atoms with Crippen LogP contribution in [0.3, 0.4) is 0 Å². The number of methoxy groups -OCH3 is 1. The number of unbranched alkanes of at least 4 members (excludes halogenated alkanes) is 1. The van der Waals surface area contributed by atoms with Gasteiger partial charge >= 0.3 is 0 Å². The van der Waals surface area contributed by atoms with Crippen LogP contribution in [0.2, 0.25) is 0 Å². The highest BCUT2D eigenvalue weighted by atomic mass is 79.9. The Hall–Kier alpha value is -0.100. The van der Waals surface area contributed by atoms with Gasteiger partial charge < -0.3 is 14.8 Å². The Kier molecular flexibility index (Phi) is 9.52. The van der Waals surface area contributed by atoms with Gasteiger partial charge in [-0.25, -0.2) is 0 Å². The third kappa shape index (κ3) is 6.57.